The molecule has 84 heavy (non-hydrogen) atoms. The van der Waals surface area contributed by atoms with Gasteiger partial charge in [0.25, 0.3) is 0 Å². The molecule has 1 aliphatic heterocycles. The number of carbonyl (C=O) groups is 8. The Kier molecular flexibility index (Phi) is 20.8. The third kappa shape index (κ3) is 16.3. The maximum atomic E-state index is 14.5. The minimum Gasteiger partial charge on any atom is -0.368 e. The molecule has 3 aromatic heterocycles. The Hall–Kier alpha value is -9.22. The number of hydrogen-bond donors (Lipinski definition) is 12. The maximum Gasteiger partial charge on any atom is 0.245 e. The maximum absolute atomic E-state index is 14.5. The van der Waals surface area contributed by atoms with E-state index in [4.69, 9.17) is 11.5 Å². The number of hydrogen-bond acceptors (Lipinski definition) is 12. The summed E-state index contributed by atoms with van der Waals surface area (Å²) >= 11 is 0. The number of imidazole rings is 2. The number of likely N-dealkylation sites (tertiary alicyclic amines) is 1. The van der Waals surface area contributed by atoms with Crippen LogP contribution in [0.2, 0.25) is 0 Å². The van der Waals surface area contributed by atoms with Crippen LogP contribution in [0.15, 0.2) is 128 Å². The summed E-state index contributed by atoms with van der Waals surface area (Å²) in [6.45, 7) is 6.99. The van der Waals surface area contributed by atoms with E-state index in [9.17, 15) is 38.4 Å². The molecule has 1 saturated heterocycles. The van der Waals surface area contributed by atoms with Gasteiger partial charge in [-0.2, -0.15) is 0 Å². The van der Waals surface area contributed by atoms with E-state index in [0.29, 0.717) is 42.8 Å². The Balaban J connectivity index is 0.904. The number of benzene rings is 4. The van der Waals surface area contributed by atoms with Crippen molar-refractivity contribution in [2.75, 3.05) is 13.1 Å². The molecule has 4 heterocycles. The summed E-state index contributed by atoms with van der Waals surface area (Å²) in [7, 11) is 0. The molecule has 0 aliphatic carbocycles. The highest BCUT2D eigenvalue weighted by atomic mass is 16.2. The highest BCUT2D eigenvalue weighted by Crippen LogP contribution is 2.22. The van der Waals surface area contributed by atoms with E-state index >= 15 is 0 Å². The molecule has 1 fully saturated rings. The lowest BCUT2D eigenvalue weighted by Gasteiger charge is -2.31. The number of aromatic amines is 3. The lowest BCUT2D eigenvalue weighted by molar-refractivity contribution is -0.138. The molecular weight excluding hydrogens is 1070 g/mol. The van der Waals surface area contributed by atoms with E-state index in [1.54, 1.807) is 31.1 Å². The zero-order valence-corrected chi connectivity index (χ0v) is 47.5. The van der Waals surface area contributed by atoms with Crippen molar-refractivity contribution < 1.29 is 38.4 Å². The fraction of sp³-hybridized carbons (Fsp3) is 0.377. The Morgan fingerprint density at radius 2 is 1.18 bits per heavy atom. The summed E-state index contributed by atoms with van der Waals surface area (Å²) < 4.78 is 0. The van der Waals surface area contributed by atoms with Gasteiger partial charge in [-0.3, -0.25) is 38.4 Å². The average molecular weight is 1150 g/mol. The average Bonchev–Trinajstić information content (AvgIpc) is 3.75. The van der Waals surface area contributed by atoms with Crippen LogP contribution in [0.4, 0.5) is 0 Å². The molecule has 9 atom stereocenters. The van der Waals surface area contributed by atoms with Gasteiger partial charge in [-0.05, 0) is 79.0 Å². The molecule has 0 unspecified atom stereocenters. The van der Waals surface area contributed by atoms with Crippen molar-refractivity contribution in [1.29, 1.82) is 0 Å². The molecule has 0 radical (unpaired) electrons. The second-order valence-corrected chi connectivity index (χ2v) is 21.9. The molecule has 8 rings (SSSR count). The van der Waals surface area contributed by atoms with Gasteiger partial charge >= 0.3 is 0 Å². The first-order valence-electron chi connectivity index (χ1n) is 28.3. The molecule has 7 aromatic rings. The van der Waals surface area contributed by atoms with Crippen molar-refractivity contribution in [2.45, 2.75) is 127 Å². The summed E-state index contributed by atoms with van der Waals surface area (Å²) in [4.78, 5) is 131. The van der Waals surface area contributed by atoms with Crippen LogP contribution in [0.3, 0.4) is 0 Å². The van der Waals surface area contributed by atoms with Crippen LogP contribution in [-0.4, -0.2) is 145 Å². The second kappa shape index (κ2) is 28.7. The summed E-state index contributed by atoms with van der Waals surface area (Å²) in [5, 5.41) is 22.7. The van der Waals surface area contributed by atoms with Crippen LogP contribution < -0.4 is 48.7 Å². The van der Waals surface area contributed by atoms with Crippen LogP contribution in [0, 0.1) is 5.92 Å². The van der Waals surface area contributed by atoms with E-state index in [-0.39, 0.29) is 44.2 Å². The van der Waals surface area contributed by atoms with Gasteiger partial charge in [0.2, 0.25) is 47.3 Å². The number of amides is 8. The van der Waals surface area contributed by atoms with Gasteiger partial charge in [0, 0.05) is 79.3 Å². The number of H-pyrrole nitrogens is 3. The van der Waals surface area contributed by atoms with Crippen LogP contribution in [-0.2, 0) is 70.5 Å². The number of primary amides is 1. The Labute approximate surface area is 486 Å². The molecular formula is C61H75N15O8. The van der Waals surface area contributed by atoms with Gasteiger partial charge in [0.05, 0.1) is 24.7 Å². The number of nitrogens with two attached hydrogens (primary N) is 2. The first-order chi connectivity index (χ1) is 40.4. The van der Waals surface area contributed by atoms with E-state index in [1.807, 2.05) is 97.1 Å². The number of carbonyl (C=O) groups excluding carboxylic acids is 8. The highest BCUT2D eigenvalue weighted by Gasteiger charge is 2.37. The third-order valence-electron chi connectivity index (χ3n) is 15.2. The van der Waals surface area contributed by atoms with Crippen molar-refractivity contribution >= 4 is 68.9 Å². The van der Waals surface area contributed by atoms with Gasteiger partial charge in [-0.25, -0.2) is 9.97 Å². The fourth-order valence-corrected chi connectivity index (χ4v) is 10.4. The zero-order chi connectivity index (χ0) is 59.9. The largest absolute Gasteiger partial charge is 0.368 e. The first-order valence-corrected chi connectivity index (χ1v) is 28.3. The quantitative estimate of drug-likeness (QED) is 0.0333. The summed E-state index contributed by atoms with van der Waals surface area (Å²) in [6.07, 6.45) is 9.60. The number of aromatic nitrogens is 5. The lowest BCUT2D eigenvalue weighted by Crippen LogP contribution is -2.60. The van der Waals surface area contributed by atoms with Crippen molar-refractivity contribution in [1.82, 2.24) is 67.0 Å². The number of rotatable bonds is 28. The van der Waals surface area contributed by atoms with E-state index in [2.05, 4.69) is 62.1 Å². The van der Waals surface area contributed by atoms with Crippen LogP contribution >= 0.6 is 0 Å². The van der Waals surface area contributed by atoms with Gasteiger partial charge in [0.15, 0.2) is 0 Å². The molecule has 23 nitrogen and oxygen atoms in total. The molecule has 1 aliphatic rings. The first kappa shape index (κ1) is 60.9. The molecule has 14 N–H and O–H groups in total. The van der Waals surface area contributed by atoms with E-state index in [0.717, 1.165) is 32.8 Å². The van der Waals surface area contributed by atoms with Crippen molar-refractivity contribution in [2.24, 2.45) is 17.4 Å². The van der Waals surface area contributed by atoms with Crippen LogP contribution in [0.5, 0.6) is 0 Å². The molecule has 442 valence electrons. The number of fused-ring (bicyclic) bond motifs is 2. The van der Waals surface area contributed by atoms with Crippen molar-refractivity contribution in [3.05, 3.63) is 156 Å². The molecule has 8 amide bonds. The smallest absolute Gasteiger partial charge is 0.245 e. The predicted molar refractivity (Wildman–Crippen MR) is 316 cm³/mol. The minimum absolute atomic E-state index is 0.0302. The van der Waals surface area contributed by atoms with Crippen LogP contribution in [0.25, 0.3) is 21.7 Å². The van der Waals surface area contributed by atoms with Gasteiger partial charge in [0.1, 0.15) is 36.3 Å². The Bertz CT molecular complexity index is 3390. The van der Waals surface area contributed by atoms with Crippen molar-refractivity contribution in [3.8, 4) is 0 Å². The highest BCUT2D eigenvalue weighted by molar-refractivity contribution is 5.98. The number of para-hydroxylation sites is 1. The van der Waals surface area contributed by atoms with Gasteiger partial charge < -0.3 is 68.5 Å². The third-order valence-corrected chi connectivity index (χ3v) is 15.2. The fourth-order valence-electron chi connectivity index (χ4n) is 10.4. The molecule has 23 heteroatoms. The van der Waals surface area contributed by atoms with Crippen LogP contribution in [0.1, 0.15) is 68.6 Å². The molecule has 0 saturated carbocycles. The molecule has 4 aromatic carbocycles. The topological polar surface area (TPSA) is 349 Å². The summed E-state index contributed by atoms with van der Waals surface area (Å²) in [5.41, 5.74) is 16.6. The molecule has 0 spiro atoms. The normalized spacial score (nSPS) is 16.1. The van der Waals surface area contributed by atoms with Gasteiger partial charge in [-0.1, -0.05) is 105 Å². The standard InChI is InChI=1S/C61H75N15O8/c1-35(2)53(60(83)71-36(3)55(78)74-52(28-44-31-65-34-69-44)61(84)76-22-12-17-45(76)32-67-49(54(63)77)25-38-13-6-5-7-14-38)75-56(79)37(4)70-58(81)50(26-42-29-66-48-19-11-10-18-46(42)48)73-59(82)51(27-43-30-64-33-68-43)72-57(80)47(62)24-39-20-21-40-15-8-9-16-41(40)23-39/h5-11,13-16,18-21,23,29-31,33-37,45,47,49-53,66-67H,12,17,22,24-28,32,62H2,1-4H3,(H2,63,77)(H,64,68)(H,65,69)(H,70,81)(H,71,83)(H,72,80)(H,73,82)(H,74,78)(H,75,79)/t36-,37+,45-,47-,49+,50+,51+,52+,53+/m1/s1. The SMILES string of the molecule is CC(C)[C@H](NC(=O)[C@H](C)NC(=O)[C@H](Cc1c[nH]c2ccccc12)NC(=O)[C@H](Cc1cnc[nH]1)NC(=O)[C@H](N)Cc1ccc2ccccc2c1)C(=O)N[C@H](C)C(=O)N[C@@H](Cc1cnc[nH]1)C(=O)N1CCC[C@@H]1CN[C@@H](Cc1ccccc1)C(N)=O. The second-order valence-electron chi connectivity index (χ2n) is 21.9. The predicted octanol–water partition coefficient (Wildman–Crippen LogP) is 1.65. The molecule has 0 bridgehead atoms. The Morgan fingerprint density at radius 1 is 0.583 bits per heavy atom. The van der Waals surface area contributed by atoms with Crippen molar-refractivity contribution in [3.63, 3.8) is 0 Å². The monoisotopic (exact) mass is 1150 g/mol. The Morgan fingerprint density at radius 3 is 1.86 bits per heavy atom. The van der Waals surface area contributed by atoms with E-state index < -0.39 is 95.6 Å². The number of nitrogens with zero attached hydrogens (tertiary/aromatic N) is 3. The summed E-state index contributed by atoms with van der Waals surface area (Å²) in [6, 6.07) is 21.3. The van der Waals surface area contributed by atoms with Gasteiger partial charge in [-0.15, -0.1) is 0 Å². The number of nitrogens with one attached hydrogen (secondary N) is 10. The summed E-state index contributed by atoms with van der Waals surface area (Å²) in [5.74, 6) is -5.54. The zero-order valence-electron chi connectivity index (χ0n) is 47.5. The minimum atomic E-state index is -1.29. The lowest BCUT2D eigenvalue weighted by atomic mass is 10.0. The van der Waals surface area contributed by atoms with E-state index in [1.165, 1.54) is 32.7 Å².